The fourth-order valence-corrected chi connectivity index (χ4v) is 3.79. The average molecular weight is 499 g/mol. The number of imidazole rings is 1. The molecule has 12 heteroatoms. The zero-order valence-electron chi connectivity index (χ0n) is 17.1. The van der Waals surface area contributed by atoms with Crippen LogP contribution in [0.4, 0.5) is 16.3 Å². The van der Waals surface area contributed by atoms with Crippen LogP contribution in [0.3, 0.4) is 0 Å². The fraction of sp³-hybridized carbons (Fsp3) is 0.300. The number of likely N-dealkylation sites (N-methyl/N-ethyl adjacent to an activating group) is 1. The summed E-state index contributed by atoms with van der Waals surface area (Å²) >= 11 is 3.20. The highest BCUT2D eigenvalue weighted by atomic mass is 79.9. The van der Waals surface area contributed by atoms with Crippen molar-refractivity contribution in [1.82, 2.24) is 29.7 Å². The molecule has 3 aromatic rings. The number of halogens is 1. The van der Waals surface area contributed by atoms with Crippen molar-refractivity contribution in [3.8, 4) is 0 Å². The summed E-state index contributed by atoms with van der Waals surface area (Å²) in [6.45, 7) is -0.0278. The van der Waals surface area contributed by atoms with E-state index in [0.29, 0.717) is 33.4 Å². The van der Waals surface area contributed by atoms with Crippen LogP contribution in [0.25, 0.3) is 5.65 Å². The quantitative estimate of drug-likeness (QED) is 0.392. The van der Waals surface area contributed by atoms with Crippen molar-refractivity contribution in [2.24, 2.45) is 0 Å². The summed E-state index contributed by atoms with van der Waals surface area (Å²) < 4.78 is 2.42. The van der Waals surface area contributed by atoms with Crippen LogP contribution in [0.1, 0.15) is 30.0 Å². The second kappa shape index (κ2) is 7.86. The summed E-state index contributed by atoms with van der Waals surface area (Å²) in [6.07, 6.45) is 8.94. The number of imide groups is 1. The Bertz CT molecular complexity index is 1240. The van der Waals surface area contributed by atoms with Gasteiger partial charge in [-0.3, -0.25) is 30.2 Å². The van der Waals surface area contributed by atoms with Crippen molar-refractivity contribution < 1.29 is 14.4 Å². The predicted molar refractivity (Wildman–Crippen MR) is 118 cm³/mol. The number of nitrogens with one attached hydrogen (secondary N) is 2. The third kappa shape index (κ3) is 3.88. The van der Waals surface area contributed by atoms with Crippen molar-refractivity contribution in [2.45, 2.75) is 25.2 Å². The molecule has 0 spiro atoms. The van der Waals surface area contributed by atoms with Crippen molar-refractivity contribution in [3.63, 3.8) is 0 Å². The number of carbonyl (C=O) groups is 3. The third-order valence-electron chi connectivity index (χ3n) is 5.42. The lowest BCUT2D eigenvalue weighted by Gasteiger charge is -2.17. The zero-order valence-corrected chi connectivity index (χ0v) is 18.7. The Morgan fingerprint density at radius 2 is 2.03 bits per heavy atom. The Kier molecular flexibility index (Phi) is 5.00. The van der Waals surface area contributed by atoms with Crippen LogP contribution in [-0.2, 0) is 16.0 Å². The molecule has 0 radical (unpaired) electrons. The van der Waals surface area contributed by atoms with E-state index in [1.165, 1.54) is 24.3 Å². The number of anilines is 2. The number of hydrazine groups is 1. The molecule has 0 atom stereocenters. The van der Waals surface area contributed by atoms with Gasteiger partial charge in [-0.15, -0.1) is 0 Å². The maximum atomic E-state index is 12.6. The molecule has 1 aliphatic carbocycles. The van der Waals surface area contributed by atoms with E-state index in [-0.39, 0.29) is 30.8 Å². The highest BCUT2D eigenvalue weighted by Gasteiger charge is 2.36. The summed E-state index contributed by atoms with van der Waals surface area (Å²) in [7, 11) is 1.47. The molecule has 1 saturated heterocycles. The van der Waals surface area contributed by atoms with Crippen molar-refractivity contribution in [1.29, 1.82) is 0 Å². The van der Waals surface area contributed by atoms with Gasteiger partial charge in [-0.2, -0.15) is 0 Å². The van der Waals surface area contributed by atoms with Crippen LogP contribution in [0.15, 0.2) is 35.5 Å². The highest BCUT2D eigenvalue weighted by molar-refractivity contribution is 9.10. The highest BCUT2D eigenvalue weighted by Crippen LogP contribution is 2.42. The summed E-state index contributed by atoms with van der Waals surface area (Å²) in [5.41, 5.74) is 8.00. The summed E-state index contributed by atoms with van der Waals surface area (Å²) in [5, 5.41) is 0. The van der Waals surface area contributed by atoms with Crippen LogP contribution >= 0.6 is 15.9 Å². The van der Waals surface area contributed by atoms with E-state index < -0.39 is 0 Å². The number of hydrogen-bond acceptors (Lipinski definition) is 7. The molecule has 0 aromatic carbocycles. The van der Waals surface area contributed by atoms with Gasteiger partial charge in [0.15, 0.2) is 11.5 Å². The first-order valence-electron chi connectivity index (χ1n) is 10.0. The number of carbonyl (C=O) groups excluding carboxylic acids is 3. The van der Waals surface area contributed by atoms with E-state index >= 15 is 0 Å². The third-order valence-corrected chi connectivity index (χ3v) is 5.83. The van der Waals surface area contributed by atoms with Gasteiger partial charge >= 0.3 is 6.03 Å². The first kappa shape index (κ1) is 20.4. The van der Waals surface area contributed by atoms with Crippen LogP contribution < -0.4 is 15.8 Å². The van der Waals surface area contributed by atoms with Gasteiger partial charge in [0.2, 0.25) is 11.8 Å². The van der Waals surface area contributed by atoms with Crippen LogP contribution in [0.5, 0.6) is 0 Å². The second-order valence-electron chi connectivity index (χ2n) is 7.79. The molecule has 4 heterocycles. The molecular weight excluding hydrogens is 480 g/mol. The van der Waals surface area contributed by atoms with E-state index in [0.717, 1.165) is 23.3 Å². The van der Waals surface area contributed by atoms with Gasteiger partial charge in [-0.25, -0.2) is 19.7 Å². The van der Waals surface area contributed by atoms with E-state index in [1.54, 1.807) is 6.20 Å². The SMILES string of the molecule is CN1C(=O)CN(c2cc(C3CC3)cn3cc(CC(=O)NNc4cnc(Br)cn4)nc23)C1=O. The predicted octanol–water partition coefficient (Wildman–Crippen LogP) is 1.85. The first-order valence-corrected chi connectivity index (χ1v) is 10.8. The first-order chi connectivity index (χ1) is 15.4. The van der Waals surface area contributed by atoms with Gasteiger partial charge in [-0.1, -0.05) is 0 Å². The minimum absolute atomic E-state index is 0.0175. The molecule has 1 aliphatic heterocycles. The van der Waals surface area contributed by atoms with E-state index in [9.17, 15) is 14.4 Å². The second-order valence-corrected chi connectivity index (χ2v) is 8.60. The number of pyridine rings is 1. The molecule has 1 saturated carbocycles. The number of urea groups is 1. The largest absolute Gasteiger partial charge is 0.331 e. The molecule has 5 rings (SSSR count). The molecule has 3 aromatic heterocycles. The maximum absolute atomic E-state index is 12.6. The standard InChI is InChI=1S/C20H19BrN8O3/c1-27-18(31)10-29(20(27)32)14-4-12(11-2-3-11)8-28-9-13(24-19(14)28)5-17(30)26-25-16-7-22-15(21)6-23-16/h4,6-9,11H,2-3,5,10H2,1H3,(H,23,25)(H,26,30). The van der Waals surface area contributed by atoms with E-state index in [2.05, 4.69) is 41.7 Å². The topological polar surface area (TPSA) is 125 Å². The van der Waals surface area contributed by atoms with E-state index in [1.807, 2.05) is 16.7 Å². The normalized spacial score (nSPS) is 16.2. The lowest BCUT2D eigenvalue weighted by Crippen LogP contribution is -2.31. The molecule has 0 unspecified atom stereocenters. The molecule has 32 heavy (non-hydrogen) atoms. The Morgan fingerprint density at radius 3 is 2.69 bits per heavy atom. The van der Waals surface area contributed by atoms with Gasteiger partial charge < -0.3 is 4.40 Å². The van der Waals surface area contributed by atoms with Gasteiger partial charge in [-0.05, 0) is 46.3 Å². The van der Waals surface area contributed by atoms with Gasteiger partial charge in [0, 0.05) is 19.4 Å². The lowest BCUT2D eigenvalue weighted by atomic mass is 10.1. The summed E-state index contributed by atoms with van der Waals surface area (Å²) in [4.78, 5) is 52.3. The maximum Gasteiger partial charge on any atom is 0.331 e. The Labute approximate surface area is 190 Å². The Hall–Kier alpha value is -3.54. The molecule has 0 bridgehead atoms. The van der Waals surface area contributed by atoms with Crippen LogP contribution in [0, 0.1) is 0 Å². The van der Waals surface area contributed by atoms with Crippen LogP contribution in [0.2, 0.25) is 0 Å². The molecule has 4 amide bonds. The van der Waals surface area contributed by atoms with E-state index in [4.69, 9.17) is 0 Å². The molecule has 2 fully saturated rings. The van der Waals surface area contributed by atoms with Crippen LogP contribution in [-0.4, -0.2) is 55.7 Å². The molecular formula is C20H19BrN8O3. The number of rotatable bonds is 6. The van der Waals surface area contributed by atoms with Gasteiger partial charge in [0.25, 0.3) is 0 Å². The lowest BCUT2D eigenvalue weighted by molar-refractivity contribution is -0.124. The summed E-state index contributed by atoms with van der Waals surface area (Å²) in [6, 6.07) is 1.55. The molecule has 2 aliphatic rings. The molecule has 2 N–H and O–H groups in total. The average Bonchev–Trinajstić information content (AvgIpc) is 3.50. The number of hydrogen-bond donors (Lipinski definition) is 2. The van der Waals surface area contributed by atoms with Crippen molar-refractivity contribution in [2.75, 3.05) is 23.9 Å². The van der Waals surface area contributed by atoms with Gasteiger partial charge in [0.05, 0.1) is 30.2 Å². The Morgan fingerprint density at radius 1 is 1.22 bits per heavy atom. The smallest absolute Gasteiger partial charge is 0.305 e. The number of amides is 4. The van der Waals surface area contributed by atoms with Gasteiger partial charge in [0.1, 0.15) is 11.1 Å². The number of nitrogens with zero attached hydrogens (tertiary/aromatic N) is 6. The monoisotopic (exact) mass is 498 g/mol. The zero-order chi connectivity index (χ0) is 22.4. The minimum atomic E-state index is -0.382. The Balaban J connectivity index is 1.39. The molecule has 11 nitrogen and oxygen atoms in total. The summed E-state index contributed by atoms with van der Waals surface area (Å²) in [5.74, 6) is 0.261. The van der Waals surface area contributed by atoms with Crippen molar-refractivity contribution in [3.05, 3.63) is 46.7 Å². The fourth-order valence-electron chi connectivity index (χ4n) is 3.58. The molecule has 164 valence electrons. The minimum Gasteiger partial charge on any atom is -0.305 e. The number of fused-ring (bicyclic) bond motifs is 1. The van der Waals surface area contributed by atoms with Crippen molar-refractivity contribution >= 4 is 50.9 Å². The number of aromatic nitrogens is 4.